The van der Waals surface area contributed by atoms with Crippen molar-refractivity contribution in [3.63, 3.8) is 0 Å². The lowest BCUT2D eigenvalue weighted by molar-refractivity contribution is 0.0595. The summed E-state index contributed by atoms with van der Waals surface area (Å²) >= 11 is 0. The maximum absolute atomic E-state index is 11.3. The first kappa shape index (κ1) is 9.51. The molecule has 1 aromatic rings. The predicted molar refractivity (Wildman–Crippen MR) is 46.9 cm³/mol. The molecule has 1 heterocycles. The van der Waals surface area contributed by atoms with Crippen LogP contribution in [0.3, 0.4) is 0 Å². The van der Waals surface area contributed by atoms with E-state index in [1.165, 1.54) is 14.2 Å². The Morgan fingerprint density at radius 2 is 2.15 bits per heavy atom. The molecule has 4 heteroatoms. The molecular formula is C9H11NO3. The van der Waals surface area contributed by atoms with Crippen molar-refractivity contribution < 1.29 is 14.3 Å². The van der Waals surface area contributed by atoms with E-state index >= 15 is 0 Å². The standard InChI is InChI=1S/C9H11NO3/c1-6-4-5-10-8(12-2)7(6)9(11)13-3/h4-5H,1-3H3. The minimum absolute atomic E-state index is 0.298. The van der Waals surface area contributed by atoms with Gasteiger partial charge in [-0.25, -0.2) is 9.78 Å². The summed E-state index contributed by atoms with van der Waals surface area (Å²) in [7, 11) is 2.79. The smallest absolute Gasteiger partial charge is 0.343 e. The van der Waals surface area contributed by atoms with Crippen LogP contribution in [0.15, 0.2) is 12.3 Å². The van der Waals surface area contributed by atoms with Gasteiger partial charge in [-0.05, 0) is 18.6 Å². The van der Waals surface area contributed by atoms with E-state index in [4.69, 9.17) is 4.74 Å². The first-order valence-electron chi connectivity index (χ1n) is 3.78. The molecule has 0 aliphatic carbocycles. The molecule has 1 aromatic heterocycles. The average Bonchev–Trinajstić information content (AvgIpc) is 2.16. The van der Waals surface area contributed by atoms with Crippen molar-refractivity contribution in [3.8, 4) is 5.88 Å². The highest BCUT2D eigenvalue weighted by Crippen LogP contribution is 2.18. The number of methoxy groups -OCH3 is 2. The number of ether oxygens (including phenoxy) is 2. The van der Waals surface area contributed by atoms with Crippen molar-refractivity contribution >= 4 is 5.97 Å². The van der Waals surface area contributed by atoms with Crippen molar-refractivity contribution in [1.82, 2.24) is 4.98 Å². The molecule has 0 N–H and O–H groups in total. The molecule has 0 atom stereocenters. The Hall–Kier alpha value is -1.58. The highest BCUT2D eigenvalue weighted by molar-refractivity contribution is 5.93. The van der Waals surface area contributed by atoms with Crippen LogP contribution in [0.5, 0.6) is 5.88 Å². The van der Waals surface area contributed by atoms with Gasteiger partial charge in [0.2, 0.25) is 5.88 Å². The Morgan fingerprint density at radius 1 is 1.46 bits per heavy atom. The first-order chi connectivity index (χ1) is 6.20. The van der Waals surface area contributed by atoms with E-state index in [-0.39, 0.29) is 0 Å². The fraction of sp³-hybridized carbons (Fsp3) is 0.333. The third kappa shape index (κ3) is 1.77. The molecular weight excluding hydrogens is 170 g/mol. The van der Waals surface area contributed by atoms with Crippen molar-refractivity contribution in [1.29, 1.82) is 0 Å². The Kier molecular flexibility index (Phi) is 2.84. The van der Waals surface area contributed by atoms with E-state index in [2.05, 4.69) is 9.72 Å². The molecule has 0 saturated carbocycles. The third-order valence-electron chi connectivity index (χ3n) is 1.71. The first-order valence-corrected chi connectivity index (χ1v) is 3.78. The Bertz CT molecular complexity index is 323. The molecule has 0 unspecified atom stereocenters. The number of rotatable bonds is 2. The lowest BCUT2D eigenvalue weighted by Gasteiger charge is -2.07. The number of carbonyl (C=O) groups is 1. The van der Waals surface area contributed by atoms with Gasteiger partial charge in [-0.15, -0.1) is 0 Å². The number of pyridine rings is 1. The lowest BCUT2D eigenvalue weighted by atomic mass is 10.1. The van der Waals surface area contributed by atoms with Crippen LogP contribution in [0.25, 0.3) is 0 Å². The Labute approximate surface area is 76.5 Å². The molecule has 0 saturated heterocycles. The molecule has 0 bridgehead atoms. The molecule has 0 amide bonds. The van der Waals surface area contributed by atoms with E-state index in [0.29, 0.717) is 11.4 Å². The summed E-state index contributed by atoms with van der Waals surface area (Å²) in [4.78, 5) is 15.2. The summed E-state index contributed by atoms with van der Waals surface area (Å²) < 4.78 is 9.54. The Morgan fingerprint density at radius 3 is 2.69 bits per heavy atom. The second-order valence-electron chi connectivity index (χ2n) is 2.50. The normalized spacial score (nSPS) is 9.46. The summed E-state index contributed by atoms with van der Waals surface area (Å²) in [5, 5.41) is 0. The van der Waals surface area contributed by atoms with E-state index in [1.807, 2.05) is 0 Å². The zero-order valence-corrected chi connectivity index (χ0v) is 7.83. The molecule has 0 aromatic carbocycles. The van der Waals surface area contributed by atoms with Crippen molar-refractivity contribution in [2.45, 2.75) is 6.92 Å². The number of hydrogen-bond acceptors (Lipinski definition) is 4. The van der Waals surface area contributed by atoms with Gasteiger partial charge < -0.3 is 9.47 Å². The van der Waals surface area contributed by atoms with E-state index in [1.54, 1.807) is 19.2 Å². The van der Waals surface area contributed by atoms with E-state index < -0.39 is 5.97 Å². The van der Waals surface area contributed by atoms with Crippen molar-refractivity contribution in [2.24, 2.45) is 0 Å². The minimum atomic E-state index is -0.428. The van der Waals surface area contributed by atoms with Crippen LogP contribution in [0.2, 0.25) is 0 Å². The zero-order chi connectivity index (χ0) is 9.84. The number of esters is 1. The number of carbonyl (C=O) groups excluding carboxylic acids is 1. The van der Waals surface area contributed by atoms with Gasteiger partial charge in [-0.2, -0.15) is 0 Å². The monoisotopic (exact) mass is 181 g/mol. The summed E-state index contributed by atoms with van der Waals surface area (Å²) in [6.07, 6.45) is 1.58. The minimum Gasteiger partial charge on any atom is -0.480 e. The average molecular weight is 181 g/mol. The second-order valence-corrected chi connectivity index (χ2v) is 2.50. The SMILES string of the molecule is COC(=O)c1c(C)ccnc1OC. The van der Waals surface area contributed by atoms with Crippen LogP contribution in [0.4, 0.5) is 0 Å². The van der Waals surface area contributed by atoms with Gasteiger partial charge in [-0.3, -0.25) is 0 Å². The molecule has 0 spiro atoms. The van der Waals surface area contributed by atoms with Gasteiger partial charge in [0.15, 0.2) is 0 Å². The zero-order valence-electron chi connectivity index (χ0n) is 7.83. The molecule has 70 valence electrons. The molecule has 1 rings (SSSR count). The third-order valence-corrected chi connectivity index (χ3v) is 1.71. The molecule has 4 nitrogen and oxygen atoms in total. The number of hydrogen-bond donors (Lipinski definition) is 0. The van der Waals surface area contributed by atoms with Crippen LogP contribution in [-0.4, -0.2) is 25.2 Å². The second kappa shape index (κ2) is 3.89. The van der Waals surface area contributed by atoms with Crippen LogP contribution in [-0.2, 0) is 4.74 Å². The van der Waals surface area contributed by atoms with Gasteiger partial charge in [0.05, 0.1) is 14.2 Å². The molecule has 0 radical (unpaired) electrons. The fourth-order valence-corrected chi connectivity index (χ4v) is 1.04. The summed E-state index contributed by atoms with van der Waals surface area (Å²) in [5.74, 6) is -0.130. The summed E-state index contributed by atoms with van der Waals surface area (Å²) in [6.45, 7) is 1.80. The Balaban J connectivity index is 3.22. The van der Waals surface area contributed by atoms with E-state index in [9.17, 15) is 4.79 Å². The van der Waals surface area contributed by atoms with Crippen LogP contribution < -0.4 is 4.74 Å². The van der Waals surface area contributed by atoms with Crippen LogP contribution >= 0.6 is 0 Å². The maximum atomic E-state index is 11.3. The molecule has 0 fully saturated rings. The summed E-state index contributed by atoms with van der Waals surface area (Å²) in [6, 6.07) is 1.73. The number of aryl methyl sites for hydroxylation is 1. The van der Waals surface area contributed by atoms with Crippen LogP contribution in [0.1, 0.15) is 15.9 Å². The van der Waals surface area contributed by atoms with Gasteiger partial charge in [0.1, 0.15) is 5.56 Å². The largest absolute Gasteiger partial charge is 0.480 e. The lowest BCUT2D eigenvalue weighted by Crippen LogP contribution is -2.07. The van der Waals surface area contributed by atoms with Crippen LogP contribution in [0, 0.1) is 6.92 Å². The molecule has 13 heavy (non-hydrogen) atoms. The quantitative estimate of drug-likeness (QED) is 0.643. The van der Waals surface area contributed by atoms with Gasteiger partial charge in [0.25, 0.3) is 0 Å². The van der Waals surface area contributed by atoms with Gasteiger partial charge in [0, 0.05) is 6.20 Å². The highest BCUT2D eigenvalue weighted by atomic mass is 16.5. The highest BCUT2D eigenvalue weighted by Gasteiger charge is 2.16. The van der Waals surface area contributed by atoms with Crippen molar-refractivity contribution in [2.75, 3.05) is 14.2 Å². The van der Waals surface area contributed by atoms with Gasteiger partial charge in [-0.1, -0.05) is 0 Å². The van der Waals surface area contributed by atoms with Gasteiger partial charge >= 0.3 is 5.97 Å². The molecule has 0 aliphatic heterocycles. The van der Waals surface area contributed by atoms with Crippen molar-refractivity contribution in [3.05, 3.63) is 23.4 Å². The molecule has 0 aliphatic rings. The maximum Gasteiger partial charge on any atom is 0.343 e. The number of nitrogens with zero attached hydrogens (tertiary/aromatic N) is 1. The van der Waals surface area contributed by atoms with E-state index in [0.717, 1.165) is 5.56 Å². The fourth-order valence-electron chi connectivity index (χ4n) is 1.04. The summed E-state index contributed by atoms with van der Waals surface area (Å²) in [5.41, 5.74) is 1.17. The predicted octanol–water partition coefficient (Wildman–Crippen LogP) is 1.19. The number of aromatic nitrogens is 1. The topological polar surface area (TPSA) is 48.4 Å².